The Bertz CT molecular complexity index is 443. The lowest BCUT2D eigenvalue weighted by Crippen LogP contribution is -2.46. The standard InChI is InChI=1S/C15H20BrF3N2/c16-6-1-2-7-20-8-10-21(11-9-20)14-5-3-4-13(12-14)15(17,18)19/h3-5,12H,1-2,6-11H2. The Morgan fingerprint density at radius 1 is 1.05 bits per heavy atom. The van der Waals surface area contributed by atoms with Gasteiger partial charge in [-0.1, -0.05) is 22.0 Å². The average molecular weight is 365 g/mol. The number of hydrogen-bond acceptors (Lipinski definition) is 2. The number of rotatable bonds is 5. The van der Waals surface area contributed by atoms with Crippen molar-refractivity contribution in [2.45, 2.75) is 19.0 Å². The van der Waals surface area contributed by atoms with E-state index in [2.05, 4.69) is 20.8 Å². The number of alkyl halides is 4. The van der Waals surface area contributed by atoms with Crippen molar-refractivity contribution in [1.82, 2.24) is 4.90 Å². The topological polar surface area (TPSA) is 6.48 Å². The molecule has 6 heteroatoms. The van der Waals surface area contributed by atoms with Gasteiger partial charge in [-0.3, -0.25) is 4.90 Å². The van der Waals surface area contributed by atoms with Crippen LogP contribution in [-0.2, 0) is 6.18 Å². The zero-order chi connectivity index (χ0) is 15.3. The molecule has 0 aliphatic carbocycles. The van der Waals surface area contributed by atoms with E-state index in [-0.39, 0.29) is 0 Å². The van der Waals surface area contributed by atoms with Gasteiger partial charge < -0.3 is 4.90 Å². The van der Waals surface area contributed by atoms with E-state index in [1.807, 2.05) is 4.90 Å². The highest BCUT2D eigenvalue weighted by molar-refractivity contribution is 9.09. The van der Waals surface area contributed by atoms with Crippen molar-refractivity contribution in [2.75, 3.05) is 43.0 Å². The zero-order valence-corrected chi connectivity index (χ0v) is 13.5. The van der Waals surface area contributed by atoms with Crippen LogP contribution in [0, 0.1) is 0 Å². The number of hydrogen-bond donors (Lipinski definition) is 0. The van der Waals surface area contributed by atoms with Crippen molar-refractivity contribution < 1.29 is 13.2 Å². The van der Waals surface area contributed by atoms with E-state index < -0.39 is 11.7 Å². The van der Waals surface area contributed by atoms with Crippen LogP contribution in [0.15, 0.2) is 24.3 Å². The lowest BCUT2D eigenvalue weighted by molar-refractivity contribution is -0.137. The first kappa shape index (κ1) is 16.6. The first-order valence-corrected chi connectivity index (χ1v) is 8.33. The largest absolute Gasteiger partial charge is 0.416 e. The Morgan fingerprint density at radius 2 is 1.76 bits per heavy atom. The predicted molar refractivity (Wildman–Crippen MR) is 83.1 cm³/mol. The SMILES string of the molecule is FC(F)(F)c1cccc(N2CCN(CCCCBr)CC2)c1. The van der Waals surface area contributed by atoms with Crippen molar-refractivity contribution in [2.24, 2.45) is 0 Å². The molecule has 0 bridgehead atoms. The first-order chi connectivity index (χ1) is 10.0. The number of halogens is 4. The molecule has 2 nitrogen and oxygen atoms in total. The summed E-state index contributed by atoms with van der Waals surface area (Å²) in [7, 11) is 0. The molecule has 1 fully saturated rings. The van der Waals surface area contributed by atoms with Crippen molar-refractivity contribution >= 4 is 21.6 Å². The summed E-state index contributed by atoms with van der Waals surface area (Å²) in [4.78, 5) is 4.42. The normalized spacial score (nSPS) is 17.2. The summed E-state index contributed by atoms with van der Waals surface area (Å²) in [6.45, 7) is 4.48. The molecule has 1 aliphatic rings. The Kier molecular flexibility index (Phi) is 5.93. The van der Waals surface area contributed by atoms with Crippen LogP contribution in [0.1, 0.15) is 18.4 Å². The highest BCUT2D eigenvalue weighted by atomic mass is 79.9. The van der Waals surface area contributed by atoms with Gasteiger partial charge in [0.1, 0.15) is 0 Å². The fraction of sp³-hybridized carbons (Fsp3) is 0.600. The van der Waals surface area contributed by atoms with Crippen molar-refractivity contribution in [3.63, 3.8) is 0 Å². The maximum absolute atomic E-state index is 12.7. The minimum Gasteiger partial charge on any atom is -0.369 e. The molecule has 0 N–H and O–H groups in total. The lowest BCUT2D eigenvalue weighted by atomic mass is 10.1. The molecule has 1 saturated heterocycles. The molecule has 1 aromatic carbocycles. The van der Waals surface area contributed by atoms with Crippen LogP contribution in [0.2, 0.25) is 0 Å². The van der Waals surface area contributed by atoms with Crippen LogP contribution >= 0.6 is 15.9 Å². The van der Waals surface area contributed by atoms with Gasteiger partial charge in [0.2, 0.25) is 0 Å². The fourth-order valence-electron chi connectivity index (χ4n) is 2.54. The molecule has 118 valence electrons. The summed E-state index contributed by atoms with van der Waals surface area (Å²) >= 11 is 3.42. The van der Waals surface area contributed by atoms with E-state index in [0.29, 0.717) is 5.69 Å². The lowest BCUT2D eigenvalue weighted by Gasteiger charge is -2.36. The second kappa shape index (κ2) is 7.49. The Hall–Kier alpha value is -0.750. The number of unbranched alkanes of at least 4 members (excludes halogenated alkanes) is 1. The molecule has 2 rings (SSSR count). The van der Waals surface area contributed by atoms with E-state index in [1.54, 1.807) is 6.07 Å². The molecule has 0 saturated carbocycles. The van der Waals surface area contributed by atoms with Gasteiger partial charge in [-0.15, -0.1) is 0 Å². The van der Waals surface area contributed by atoms with Gasteiger partial charge in [-0.05, 0) is 37.6 Å². The third-order valence-electron chi connectivity index (χ3n) is 3.77. The van der Waals surface area contributed by atoms with Crippen molar-refractivity contribution in [3.8, 4) is 0 Å². The van der Waals surface area contributed by atoms with Gasteiger partial charge in [-0.2, -0.15) is 13.2 Å². The second-order valence-electron chi connectivity index (χ2n) is 5.27. The smallest absolute Gasteiger partial charge is 0.369 e. The monoisotopic (exact) mass is 364 g/mol. The third-order valence-corrected chi connectivity index (χ3v) is 4.33. The molecule has 1 heterocycles. The molecule has 21 heavy (non-hydrogen) atoms. The van der Waals surface area contributed by atoms with E-state index in [0.717, 1.165) is 57.0 Å². The van der Waals surface area contributed by atoms with Crippen LogP contribution in [-0.4, -0.2) is 43.0 Å². The third kappa shape index (κ3) is 4.88. The van der Waals surface area contributed by atoms with Crippen LogP contribution in [0.3, 0.4) is 0 Å². The fourth-order valence-corrected chi connectivity index (χ4v) is 2.94. The molecule has 0 aromatic heterocycles. The Morgan fingerprint density at radius 3 is 2.38 bits per heavy atom. The van der Waals surface area contributed by atoms with Gasteiger partial charge >= 0.3 is 6.18 Å². The molecule has 0 radical (unpaired) electrons. The van der Waals surface area contributed by atoms with Gasteiger partial charge in [-0.25, -0.2) is 0 Å². The van der Waals surface area contributed by atoms with E-state index >= 15 is 0 Å². The zero-order valence-electron chi connectivity index (χ0n) is 11.9. The number of anilines is 1. The molecular formula is C15H20BrF3N2. The van der Waals surface area contributed by atoms with E-state index in [1.165, 1.54) is 12.1 Å². The van der Waals surface area contributed by atoms with Crippen LogP contribution in [0.25, 0.3) is 0 Å². The summed E-state index contributed by atoms with van der Waals surface area (Å²) < 4.78 is 38.2. The quantitative estimate of drug-likeness (QED) is 0.575. The number of benzene rings is 1. The summed E-state index contributed by atoms with van der Waals surface area (Å²) in [5.74, 6) is 0. The summed E-state index contributed by atoms with van der Waals surface area (Å²) in [5.41, 5.74) is 0.102. The summed E-state index contributed by atoms with van der Waals surface area (Å²) in [6.07, 6.45) is -1.95. The van der Waals surface area contributed by atoms with Gasteiger partial charge in [0.05, 0.1) is 5.56 Å². The molecule has 0 unspecified atom stereocenters. The molecular weight excluding hydrogens is 345 g/mol. The molecule has 0 spiro atoms. The van der Waals surface area contributed by atoms with Crippen molar-refractivity contribution in [1.29, 1.82) is 0 Å². The minimum atomic E-state index is -4.27. The van der Waals surface area contributed by atoms with Gasteiger partial charge in [0.15, 0.2) is 0 Å². The van der Waals surface area contributed by atoms with Gasteiger partial charge in [0, 0.05) is 37.2 Å². The van der Waals surface area contributed by atoms with Gasteiger partial charge in [0.25, 0.3) is 0 Å². The summed E-state index contributed by atoms with van der Waals surface area (Å²) in [6, 6.07) is 5.62. The second-order valence-corrected chi connectivity index (χ2v) is 6.07. The van der Waals surface area contributed by atoms with E-state index in [9.17, 15) is 13.2 Å². The van der Waals surface area contributed by atoms with Crippen LogP contribution in [0.5, 0.6) is 0 Å². The Labute approximate surface area is 132 Å². The molecule has 1 aromatic rings. The minimum absolute atomic E-state index is 0.570. The highest BCUT2D eigenvalue weighted by Crippen LogP contribution is 2.31. The Balaban J connectivity index is 1.90. The number of piperazine rings is 1. The molecule has 1 aliphatic heterocycles. The molecule has 0 atom stereocenters. The maximum Gasteiger partial charge on any atom is 0.416 e. The van der Waals surface area contributed by atoms with Crippen molar-refractivity contribution in [3.05, 3.63) is 29.8 Å². The average Bonchev–Trinajstić information content (AvgIpc) is 2.47. The van der Waals surface area contributed by atoms with E-state index in [4.69, 9.17) is 0 Å². The van der Waals surface area contributed by atoms with Crippen LogP contribution in [0.4, 0.5) is 18.9 Å². The first-order valence-electron chi connectivity index (χ1n) is 7.21. The highest BCUT2D eigenvalue weighted by Gasteiger charge is 2.31. The maximum atomic E-state index is 12.7. The summed E-state index contributed by atoms with van der Waals surface area (Å²) in [5, 5.41) is 1.02. The molecule has 0 amide bonds. The van der Waals surface area contributed by atoms with Crippen LogP contribution < -0.4 is 4.90 Å². The number of nitrogens with zero attached hydrogens (tertiary/aromatic N) is 2. The predicted octanol–water partition coefficient (Wildman–Crippen LogP) is 4.00.